The molecule has 9 nitrogen and oxygen atoms in total. The van der Waals surface area contributed by atoms with Gasteiger partial charge in [0.25, 0.3) is 0 Å². The fourth-order valence-electron chi connectivity index (χ4n) is 3.00. The molecule has 25 heavy (non-hydrogen) atoms. The van der Waals surface area contributed by atoms with Gasteiger partial charge in [0.1, 0.15) is 22.9 Å². The van der Waals surface area contributed by atoms with Gasteiger partial charge in [-0.15, -0.1) is 11.8 Å². The van der Waals surface area contributed by atoms with E-state index < -0.39 is 12.0 Å². The zero-order chi connectivity index (χ0) is 18.3. The van der Waals surface area contributed by atoms with Gasteiger partial charge in [-0.25, -0.2) is 9.79 Å². The molecule has 6 N–H and O–H groups in total. The van der Waals surface area contributed by atoms with E-state index in [0.29, 0.717) is 35.2 Å². The van der Waals surface area contributed by atoms with Gasteiger partial charge in [-0.1, -0.05) is 11.8 Å². The first-order chi connectivity index (χ1) is 11.8. The lowest BCUT2D eigenvalue weighted by Gasteiger charge is -2.48. The summed E-state index contributed by atoms with van der Waals surface area (Å²) in [7, 11) is 0. The maximum absolute atomic E-state index is 12.0. The molecule has 0 aromatic heterocycles. The van der Waals surface area contributed by atoms with Crippen LogP contribution in [0.5, 0.6) is 0 Å². The zero-order valence-corrected chi connectivity index (χ0v) is 15.3. The molecule has 0 aromatic rings. The van der Waals surface area contributed by atoms with Gasteiger partial charge >= 0.3 is 5.97 Å². The number of β-lactam (4-membered cyclic amide) rings is 1. The number of carboxylic acid groups (broad SMARTS) is 1. The summed E-state index contributed by atoms with van der Waals surface area (Å²) < 4.78 is 0. The summed E-state index contributed by atoms with van der Waals surface area (Å²) in [6.07, 6.45) is 0.0871. The van der Waals surface area contributed by atoms with Crippen LogP contribution in [0.2, 0.25) is 0 Å². The highest BCUT2D eigenvalue weighted by Crippen LogP contribution is 2.40. The number of amidine groups is 2. The van der Waals surface area contributed by atoms with Gasteiger partial charge in [0.05, 0.1) is 6.17 Å². The molecule has 1 fully saturated rings. The Kier molecular flexibility index (Phi) is 5.09. The van der Waals surface area contributed by atoms with Crippen molar-refractivity contribution in [3.8, 4) is 0 Å². The van der Waals surface area contributed by atoms with Crippen LogP contribution in [-0.4, -0.2) is 73.4 Å². The smallest absolute Gasteiger partial charge is 0.352 e. The molecule has 3 atom stereocenters. The largest absolute Gasteiger partial charge is 0.477 e. The molecule has 0 aromatic carbocycles. The minimum atomic E-state index is -1.12. The average Bonchev–Trinajstić information content (AvgIpc) is 2.57. The van der Waals surface area contributed by atoms with Crippen LogP contribution in [0, 0.1) is 5.41 Å². The number of hydrogen-bond acceptors (Lipinski definition) is 8. The van der Waals surface area contributed by atoms with Crippen LogP contribution >= 0.6 is 23.5 Å². The van der Waals surface area contributed by atoms with Crippen LogP contribution in [0.4, 0.5) is 0 Å². The quantitative estimate of drug-likeness (QED) is 0.480. The SMILES string of the molecule is CCN1C(SCC2=C(C(=O)O)N3C(=O)C(N)[C@@H]3SC2)=NC(=N)CC1N. The van der Waals surface area contributed by atoms with E-state index >= 15 is 0 Å². The molecule has 3 heterocycles. The van der Waals surface area contributed by atoms with Crippen molar-refractivity contribution in [2.75, 3.05) is 18.1 Å². The number of nitrogens with two attached hydrogens (primary N) is 2. The molecule has 0 bridgehead atoms. The summed E-state index contributed by atoms with van der Waals surface area (Å²) in [6, 6.07) is -0.634. The number of aliphatic carboxylic acids is 1. The Balaban J connectivity index is 1.80. The number of amides is 1. The van der Waals surface area contributed by atoms with Gasteiger partial charge in [0.15, 0.2) is 5.17 Å². The molecule has 3 rings (SSSR count). The molecule has 0 aliphatic carbocycles. The Morgan fingerprint density at radius 3 is 2.88 bits per heavy atom. The Morgan fingerprint density at radius 2 is 2.24 bits per heavy atom. The van der Waals surface area contributed by atoms with Crippen molar-refractivity contribution in [1.82, 2.24) is 9.80 Å². The summed E-state index contributed by atoms with van der Waals surface area (Å²) in [4.78, 5) is 31.1. The van der Waals surface area contributed by atoms with Gasteiger partial charge in [-0.3, -0.25) is 15.1 Å². The number of rotatable bonds is 4. The number of nitrogens with zero attached hydrogens (tertiary/aromatic N) is 3. The second kappa shape index (κ2) is 6.98. The molecule has 1 saturated heterocycles. The Bertz CT molecular complexity index is 694. The van der Waals surface area contributed by atoms with E-state index in [4.69, 9.17) is 16.9 Å². The normalized spacial score (nSPS) is 29.4. The number of carbonyl (C=O) groups excluding carboxylic acids is 1. The highest BCUT2D eigenvalue weighted by Gasteiger charge is 2.51. The molecule has 0 saturated carbocycles. The minimum Gasteiger partial charge on any atom is -0.477 e. The number of aliphatic imine (C=N–C) groups is 1. The van der Waals surface area contributed by atoms with Crippen LogP contribution in [0.1, 0.15) is 13.3 Å². The lowest BCUT2D eigenvalue weighted by Crippen LogP contribution is -2.68. The van der Waals surface area contributed by atoms with E-state index in [1.54, 1.807) is 0 Å². The van der Waals surface area contributed by atoms with E-state index in [2.05, 4.69) is 4.99 Å². The third-order valence-corrected chi connectivity index (χ3v) is 6.72. The van der Waals surface area contributed by atoms with Gasteiger partial charge in [0.2, 0.25) is 5.91 Å². The molecule has 1 amide bonds. The highest BCUT2D eigenvalue weighted by molar-refractivity contribution is 8.14. The average molecular weight is 384 g/mol. The number of hydrogen-bond donors (Lipinski definition) is 4. The third-order valence-electron chi connectivity index (χ3n) is 4.29. The van der Waals surface area contributed by atoms with Crippen LogP contribution in [0.3, 0.4) is 0 Å². The van der Waals surface area contributed by atoms with Crippen molar-refractivity contribution in [2.45, 2.75) is 30.9 Å². The summed E-state index contributed by atoms with van der Waals surface area (Å²) in [5, 5.41) is 17.6. The first-order valence-electron chi connectivity index (χ1n) is 7.81. The second-order valence-electron chi connectivity index (χ2n) is 5.88. The number of nitrogens with one attached hydrogen (secondary N) is 1. The van der Waals surface area contributed by atoms with Gasteiger partial charge in [-0.2, -0.15) is 0 Å². The van der Waals surface area contributed by atoms with Crippen molar-refractivity contribution >= 4 is 46.4 Å². The molecule has 0 spiro atoms. The highest BCUT2D eigenvalue weighted by atomic mass is 32.2. The first kappa shape index (κ1) is 18.2. The first-order valence-corrected chi connectivity index (χ1v) is 9.85. The zero-order valence-electron chi connectivity index (χ0n) is 13.6. The van der Waals surface area contributed by atoms with Crippen LogP contribution in [0.25, 0.3) is 0 Å². The predicted octanol–water partition coefficient (Wildman–Crippen LogP) is -0.356. The molecule has 11 heteroatoms. The van der Waals surface area contributed by atoms with E-state index in [0.717, 1.165) is 0 Å². The molecular weight excluding hydrogens is 364 g/mol. The lowest BCUT2D eigenvalue weighted by atomic mass is 10.0. The number of carbonyl (C=O) groups is 2. The second-order valence-corrected chi connectivity index (χ2v) is 7.93. The third kappa shape index (κ3) is 3.16. The van der Waals surface area contributed by atoms with Crippen molar-refractivity contribution in [3.05, 3.63) is 11.3 Å². The fourth-order valence-corrected chi connectivity index (χ4v) is 5.57. The maximum Gasteiger partial charge on any atom is 0.352 e. The summed E-state index contributed by atoms with van der Waals surface area (Å²) in [6.45, 7) is 2.61. The summed E-state index contributed by atoms with van der Waals surface area (Å²) in [5.41, 5.74) is 12.5. The molecule has 0 radical (unpaired) electrons. The van der Waals surface area contributed by atoms with Crippen molar-refractivity contribution < 1.29 is 14.7 Å². The van der Waals surface area contributed by atoms with Crippen molar-refractivity contribution in [2.24, 2.45) is 16.5 Å². The van der Waals surface area contributed by atoms with Crippen LogP contribution in [-0.2, 0) is 9.59 Å². The van der Waals surface area contributed by atoms with E-state index in [1.165, 1.54) is 28.4 Å². The lowest BCUT2D eigenvalue weighted by molar-refractivity contribution is -0.147. The van der Waals surface area contributed by atoms with E-state index in [-0.39, 0.29) is 29.0 Å². The van der Waals surface area contributed by atoms with E-state index in [1.807, 2.05) is 11.8 Å². The number of carboxylic acids is 1. The molecule has 3 aliphatic rings. The van der Waals surface area contributed by atoms with Gasteiger partial charge in [0, 0.05) is 24.5 Å². The molecule has 2 unspecified atom stereocenters. The van der Waals surface area contributed by atoms with Crippen LogP contribution < -0.4 is 11.5 Å². The van der Waals surface area contributed by atoms with Gasteiger partial charge in [-0.05, 0) is 12.5 Å². The molecule has 136 valence electrons. The van der Waals surface area contributed by atoms with E-state index in [9.17, 15) is 14.7 Å². The monoisotopic (exact) mass is 384 g/mol. The Morgan fingerprint density at radius 1 is 1.52 bits per heavy atom. The predicted molar refractivity (Wildman–Crippen MR) is 98.3 cm³/mol. The summed E-state index contributed by atoms with van der Waals surface area (Å²) in [5.74, 6) is -0.390. The summed E-state index contributed by atoms with van der Waals surface area (Å²) >= 11 is 2.82. The van der Waals surface area contributed by atoms with Gasteiger partial charge < -0.3 is 21.5 Å². The number of thioether (sulfide) groups is 2. The van der Waals surface area contributed by atoms with Crippen LogP contribution in [0.15, 0.2) is 16.3 Å². The number of fused-ring (bicyclic) bond motifs is 1. The standard InChI is InChI=1S/C14H20N6O3S2/c1-2-19-8(16)3-7(15)18-14(19)25-5-6-4-24-12-9(17)11(21)20(12)10(6)13(22)23/h8-9,12,15H,2-5,16-17H2,1H3,(H,22,23)/t8?,9?,12-/m0/s1. The molecule has 3 aliphatic heterocycles. The fraction of sp³-hybridized carbons (Fsp3) is 0.571. The molecular formula is C14H20N6O3S2. The maximum atomic E-state index is 12.0. The van der Waals surface area contributed by atoms with Crippen molar-refractivity contribution in [1.29, 1.82) is 5.41 Å². The van der Waals surface area contributed by atoms with Crippen molar-refractivity contribution in [3.63, 3.8) is 0 Å². The topological polar surface area (TPSA) is 149 Å². The Hall–Kier alpha value is -1.56. The minimum absolute atomic E-state index is 0.0294. The Labute approximate surface area is 153 Å².